The molecule has 2 rings (SSSR count). The lowest BCUT2D eigenvalue weighted by Gasteiger charge is -2.10. The van der Waals surface area contributed by atoms with Gasteiger partial charge in [0, 0.05) is 18.3 Å². The van der Waals surface area contributed by atoms with E-state index in [4.69, 9.17) is 23.2 Å². The number of rotatable bonds is 3. The molecule has 0 radical (unpaired) electrons. The van der Waals surface area contributed by atoms with Crippen LogP contribution in [0.4, 0.5) is 17.1 Å². The molecule has 0 aliphatic carbocycles. The van der Waals surface area contributed by atoms with E-state index in [0.717, 1.165) is 0 Å². The highest BCUT2D eigenvalue weighted by Gasteiger charge is 2.17. The van der Waals surface area contributed by atoms with E-state index in [1.807, 2.05) is 0 Å². The van der Waals surface area contributed by atoms with Crippen molar-refractivity contribution in [1.29, 1.82) is 0 Å². The summed E-state index contributed by atoms with van der Waals surface area (Å²) in [5, 5.41) is 7.84. The highest BCUT2D eigenvalue weighted by atomic mass is 35.5. The molecular formula is C16H13Cl2N3O3. The molecule has 0 fully saturated rings. The molecule has 124 valence electrons. The summed E-state index contributed by atoms with van der Waals surface area (Å²) >= 11 is 11.9. The molecule has 0 spiro atoms. The summed E-state index contributed by atoms with van der Waals surface area (Å²) in [7, 11) is 0. The third-order valence-electron chi connectivity index (χ3n) is 2.87. The van der Waals surface area contributed by atoms with E-state index in [2.05, 4.69) is 16.0 Å². The maximum atomic E-state index is 11.9. The second-order valence-corrected chi connectivity index (χ2v) is 5.58. The minimum Gasteiger partial charge on any atom is -0.326 e. The molecule has 0 unspecified atom stereocenters. The van der Waals surface area contributed by atoms with Gasteiger partial charge >= 0.3 is 11.8 Å². The van der Waals surface area contributed by atoms with E-state index in [1.54, 1.807) is 42.5 Å². The average Bonchev–Trinajstić information content (AvgIpc) is 2.52. The number of hydrogen-bond donors (Lipinski definition) is 3. The van der Waals surface area contributed by atoms with Gasteiger partial charge in [-0.3, -0.25) is 14.4 Å². The number of amides is 3. The molecule has 24 heavy (non-hydrogen) atoms. The first-order chi connectivity index (χ1) is 11.4. The van der Waals surface area contributed by atoms with Crippen LogP contribution in [-0.4, -0.2) is 17.7 Å². The van der Waals surface area contributed by atoms with Gasteiger partial charge in [0.25, 0.3) is 0 Å². The molecule has 6 nitrogen and oxygen atoms in total. The van der Waals surface area contributed by atoms with E-state index >= 15 is 0 Å². The molecule has 8 heteroatoms. The van der Waals surface area contributed by atoms with Crippen molar-refractivity contribution in [2.24, 2.45) is 0 Å². The first-order valence-corrected chi connectivity index (χ1v) is 7.56. The van der Waals surface area contributed by atoms with Crippen LogP contribution >= 0.6 is 23.2 Å². The summed E-state index contributed by atoms with van der Waals surface area (Å²) in [6.45, 7) is 1.39. The van der Waals surface area contributed by atoms with Gasteiger partial charge < -0.3 is 16.0 Å². The van der Waals surface area contributed by atoms with Crippen molar-refractivity contribution in [2.75, 3.05) is 16.0 Å². The number of para-hydroxylation sites is 1. The average molecular weight is 366 g/mol. The van der Waals surface area contributed by atoms with Crippen LogP contribution in [0.2, 0.25) is 10.0 Å². The van der Waals surface area contributed by atoms with Gasteiger partial charge in [0.05, 0.1) is 15.7 Å². The topological polar surface area (TPSA) is 87.3 Å². The Morgan fingerprint density at radius 3 is 1.71 bits per heavy atom. The number of carbonyl (C=O) groups excluding carboxylic acids is 3. The zero-order valence-electron chi connectivity index (χ0n) is 12.5. The smallest absolute Gasteiger partial charge is 0.314 e. The van der Waals surface area contributed by atoms with Crippen LogP contribution in [0, 0.1) is 0 Å². The Morgan fingerprint density at radius 2 is 1.21 bits per heavy atom. The lowest BCUT2D eigenvalue weighted by atomic mass is 10.2. The predicted molar refractivity (Wildman–Crippen MR) is 94.5 cm³/mol. The van der Waals surface area contributed by atoms with Crippen molar-refractivity contribution < 1.29 is 14.4 Å². The van der Waals surface area contributed by atoms with Gasteiger partial charge in [-0.15, -0.1) is 0 Å². The molecule has 0 saturated carbocycles. The Morgan fingerprint density at radius 1 is 0.750 bits per heavy atom. The normalized spacial score (nSPS) is 9.96. The molecule has 3 amide bonds. The van der Waals surface area contributed by atoms with Gasteiger partial charge in [-0.05, 0) is 36.4 Å². The molecule has 0 saturated heterocycles. The maximum absolute atomic E-state index is 11.9. The van der Waals surface area contributed by atoms with Gasteiger partial charge in [0.1, 0.15) is 0 Å². The third-order valence-corrected chi connectivity index (χ3v) is 3.50. The zero-order chi connectivity index (χ0) is 17.7. The predicted octanol–water partition coefficient (Wildman–Crippen LogP) is 3.53. The second-order valence-electron chi connectivity index (χ2n) is 4.76. The number of nitrogens with one attached hydrogen (secondary N) is 3. The molecule has 0 aliphatic rings. The Kier molecular flexibility index (Phi) is 5.78. The minimum absolute atomic E-state index is 0.169. The van der Waals surface area contributed by atoms with E-state index in [0.29, 0.717) is 11.4 Å². The van der Waals surface area contributed by atoms with Crippen molar-refractivity contribution in [1.82, 2.24) is 0 Å². The van der Waals surface area contributed by atoms with Gasteiger partial charge in [-0.1, -0.05) is 29.3 Å². The molecule has 0 bridgehead atoms. The monoisotopic (exact) mass is 365 g/mol. The maximum Gasteiger partial charge on any atom is 0.314 e. The van der Waals surface area contributed by atoms with Gasteiger partial charge in [-0.2, -0.15) is 0 Å². The van der Waals surface area contributed by atoms with Crippen LogP contribution in [0.1, 0.15) is 6.92 Å². The summed E-state index contributed by atoms with van der Waals surface area (Å²) < 4.78 is 0. The Hall–Kier alpha value is -2.57. The van der Waals surface area contributed by atoms with Crippen molar-refractivity contribution in [3.8, 4) is 0 Å². The SMILES string of the molecule is CC(=O)Nc1ccc(NC(=O)C(=O)Nc2c(Cl)cccc2Cl)cc1. The number of halogens is 2. The van der Waals surface area contributed by atoms with Crippen molar-refractivity contribution in [3.05, 3.63) is 52.5 Å². The van der Waals surface area contributed by atoms with E-state index < -0.39 is 11.8 Å². The standard InChI is InChI=1S/C16H13Cl2N3O3/c1-9(22)19-10-5-7-11(8-6-10)20-15(23)16(24)21-14-12(17)3-2-4-13(14)18/h2-8H,1H3,(H,19,22)(H,20,23)(H,21,24). The molecule has 2 aromatic rings. The van der Waals surface area contributed by atoms with Crippen LogP contribution in [0.3, 0.4) is 0 Å². The highest BCUT2D eigenvalue weighted by molar-refractivity contribution is 6.46. The fraction of sp³-hybridized carbons (Fsp3) is 0.0625. The number of benzene rings is 2. The van der Waals surface area contributed by atoms with Crippen molar-refractivity contribution in [2.45, 2.75) is 6.92 Å². The Bertz CT molecular complexity index is 771. The third kappa shape index (κ3) is 4.71. The minimum atomic E-state index is -0.907. The molecule has 0 heterocycles. The van der Waals surface area contributed by atoms with Crippen LogP contribution in [-0.2, 0) is 14.4 Å². The van der Waals surface area contributed by atoms with Crippen LogP contribution in [0.15, 0.2) is 42.5 Å². The first-order valence-electron chi connectivity index (χ1n) is 6.81. The summed E-state index contributed by atoms with van der Waals surface area (Å²) in [5.74, 6) is -1.99. The summed E-state index contributed by atoms with van der Waals surface area (Å²) in [5.41, 5.74) is 1.14. The van der Waals surface area contributed by atoms with Crippen molar-refractivity contribution in [3.63, 3.8) is 0 Å². The molecule has 3 N–H and O–H groups in total. The summed E-state index contributed by atoms with van der Waals surface area (Å²) in [6.07, 6.45) is 0. The lowest BCUT2D eigenvalue weighted by molar-refractivity contribution is -0.132. The number of carbonyl (C=O) groups is 3. The first kappa shape index (κ1) is 17.8. The fourth-order valence-corrected chi connectivity index (χ4v) is 2.31. The van der Waals surface area contributed by atoms with Crippen LogP contribution < -0.4 is 16.0 Å². The summed E-state index contributed by atoms with van der Waals surface area (Å²) in [4.78, 5) is 34.8. The van der Waals surface area contributed by atoms with E-state index in [1.165, 1.54) is 6.92 Å². The Labute approximate surface area is 148 Å². The highest BCUT2D eigenvalue weighted by Crippen LogP contribution is 2.29. The second kappa shape index (κ2) is 7.81. The molecule has 0 aliphatic heterocycles. The van der Waals surface area contributed by atoms with Crippen LogP contribution in [0.5, 0.6) is 0 Å². The molecule has 0 atom stereocenters. The van der Waals surface area contributed by atoms with Crippen molar-refractivity contribution >= 4 is 58.0 Å². The quantitative estimate of drug-likeness (QED) is 0.727. The van der Waals surface area contributed by atoms with Gasteiger partial charge in [-0.25, -0.2) is 0 Å². The number of hydrogen-bond acceptors (Lipinski definition) is 3. The van der Waals surface area contributed by atoms with E-state index in [9.17, 15) is 14.4 Å². The van der Waals surface area contributed by atoms with Gasteiger partial charge in [0.15, 0.2) is 0 Å². The van der Waals surface area contributed by atoms with Crippen LogP contribution in [0.25, 0.3) is 0 Å². The lowest BCUT2D eigenvalue weighted by Crippen LogP contribution is -2.29. The molecular weight excluding hydrogens is 353 g/mol. The Balaban J connectivity index is 2.01. The molecule has 0 aromatic heterocycles. The largest absolute Gasteiger partial charge is 0.326 e. The zero-order valence-corrected chi connectivity index (χ0v) is 14.0. The molecule has 2 aromatic carbocycles. The van der Waals surface area contributed by atoms with Gasteiger partial charge in [0.2, 0.25) is 5.91 Å². The fourth-order valence-electron chi connectivity index (χ4n) is 1.82. The number of anilines is 3. The van der Waals surface area contributed by atoms with E-state index in [-0.39, 0.29) is 21.6 Å². The summed E-state index contributed by atoms with van der Waals surface area (Å²) in [6, 6.07) is 11.0.